The zero-order chi connectivity index (χ0) is 12.4. The fraction of sp³-hybridized carbons (Fsp3) is 0.462. The van der Waals surface area contributed by atoms with Crippen molar-refractivity contribution in [2.75, 3.05) is 18.0 Å². The first-order valence-corrected chi connectivity index (χ1v) is 6.27. The molecule has 1 aliphatic carbocycles. The summed E-state index contributed by atoms with van der Waals surface area (Å²) in [5.41, 5.74) is 1.17. The van der Waals surface area contributed by atoms with E-state index in [1.807, 2.05) is 0 Å². The van der Waals surface area contributed by atoms with Crippen LogP contribution in [0.1, 0.15) is 30.1 Å². The van der Waals surface area contributed by atoms with Crippen molar-refractivity contribution in [2.45, 2.75) is 19.8 Å². The maximum Gasteiger partial charge on any atom is 0.335 e. The first-order chi connectivity index (χ1) is 8.11. The van der Waals surface area contributed by atoms with Crippen molar-refractivity contribution in [2.24, 2.45) is 5.92 Å². The summed E-state index contributed by atoms with van der Waals surface area (Å²) in [5, 5.41) is 9.40. The summed E-state index contributed by atoms with van der Waals surface area (Å²) in [6.07, 6.45) is 2.59. The van der Waals surface area contributed by atoms with Crippen LogP contribution < -0.4 is 4.90 Å². The van der Waals surface area contributed by atoms with Gasteiger partial charge in [-0.2, -0.15) is 0 Å². The SMILES string of the molecule is CCN(CC1CC1)c1ccc(C(=O)O)cc1Cl. The number of hydrogen-bond donors (Lipinski definition) is 1. The molecule has 0 aromatic heterocycles. The lowest BCUT2D eigenvalue weighted by Gasteiger charge is -2.24. The Bertz CT molecular complexity index is 429. The molecule has 0 atom stereocenters. The highest BCUT2D eigenvalue weighted by molar-refractivity contribution is 6.33. The number of carboxylic acid groups (broad SMARTS) is 1. The molecule has 17 heavy (non-hydrogen) atoms. The third-order valence-electron chi connectivity index (χ3n) is 3.09. The summed E-state index contributed by atoms with van der Waals surface area (Å²) in [6, 6.07) is 4.94. The average molecular weight is 254 g/mol. The van der Waals surface area contributed by atoms with E-state index >= 15 is 0 Å². The molecular formula is C13H16ClNO2. The van der Waals surface area contributed by atoms with E-state index in [4.69, 9.17) is 16.7 Å². The van der Waals surface area contributed by atoms with Crippen LogP contribution in [0.5, 0.6) is 0 Å². The van der Waals surface area contributed by atoms with Crippen LogP contribution in [-0.4, -0.2) is 24.2 Å². The fourth-order valence-electron chi connectivity index (χ4n) is 1.91. The summed E-state index contributed by atoms with van der Waals surface area (Å²) < 4.78 is 0. The molecule has 4 heteroatoms. The van der Waals surface area contributed by atoms with Gasteiger partial charge < -0.3 is 10.0 Å². The molecule has 0 radical (unpaired) electrons. The van der Waals surface area contributed by atoms with Gasteiger partial charge in [-0.3, -0.25) is 0 Å². The van der Waals surface area contributed by atoms with Gasteiger partial charge in [0.15, 0.2) is 0 Å². The lowest BCUT2D eigenvalue weighted by molar-refractivity contribution is 0.0697. The van der Waals surface area contributed by atoms with E-state index in [9.17, 15) is 4.79 Å². The standard InChI is InChI=1S/C13H16ClNO2/c1-2-15(8-9-3-4-9)12-6-5-10(13(16)17)7-11(12)14/h5-7,9H,2-4,8H2,1H3,(H,16,17). The Morgan fingerprint density at radius 1 is 1.53 bits per heavy atom. The van der Waals surface area contributed by atoms with E-state index in [1.54, 1.807) is 12.1 Å². The topological polar surface area (TPSA) is 40.5 Å². The number of halogens is 1. The first kappa shape index (κ1) is 12.2. The lowest BCUT2D eigenvalue weighted by atomic mass is 10.2. The minimum Gasteiger partial charge on any atom is -0.478 e. The minimum absolute atomic E-state index is 0.237. The van der Waals surface area contributed by atoms with Gasteiger partial charge in [0.25, 0.3) is 0 Å². The Balaban J connectivity index is 2.20. The molecule has 0 aliphatic heterocycles. The molecule has 1 aromatic rings. The molecule has 1 aromatic carbocycles. The van der Waals surface area contributed by atoms with E-state index in [0.29, 0.717) is 5.02 Å². The van der Waals surface area contributed by atoms with Crippen LogP contribution in [0.2, 0.25) is 5.02 Å². The quantitative estimate of drug-likeness (QED) is 0.876. The van der Waals surface area contributed by atoms with Crippen molar-refractivity contribution in [1.82, 2.24) is 0 Å². The number of rotatable bonds is 5. The second-order valence-electron chi connectivity index (χ2n) is 4.45. The molecule has 0 spiro atoms. The van der Waals surface area contributed by atoms with E-state index in [0.717, 1.165) is 24.7 Å². The highest BCUT2D eigenvalue weighted by Gasteiger charge is 2.24. The van der Waals surface area contributed by atoms with Crippen molar-refractivity contribution in [1.29, 1.82) is 0 Å². The normalized spacial score (nSPS) is 14.7. The number of benzene rings is 1. The summed E-state index contributed by atoms with van der Waals surface area (Å²) in [6.45, 7) is 4.00. The summed E-state index contributed by atoms with van der Waals surface area (Å²) in [5.74, 6) is -0.158. The van der Waals surface area contributed by atoms with E-state index in [-0.39, 0.29) is 5.56 Å². The average Bonchev–Trinajstić information content (AvgIpc) is 3.10. The van der Waals surface area contributed by atoms with Gasteiger partial charge in [-0.25, -0.2) is 4.79 Å². The van der Waals surface area contributed by atoms with E-state index in [1.165, 1.54) is 18.9 Å². The number of anilines is 1. The maximum atomic E-state index is 10.8. The Morgan fingerprint density at radius 2 is 2.24 bits per heavy atom. The van der Waals surface area contributed by atoms with Crippen LogP contribution in [0.3, 0.4) is 0 Å². The van der Waals surface area contributed by atoms with Crippen LogP contribution in [0.25, 0.3) is 0 Å². The zero-order valence-electron chi connectivity index (χ0n) is 9.82. The molecular weight excluding hydrogens is 238 g/mol. The minimum atomic E-state index is -0.941. The van der Waals surface area contributed by atoms with Gasteiger partial charge in [-0.15, -0.1) is 0 Å². The Kier molecular flexibility index (Phi) is 3.57. The number of nitrogens with zero attached hydrogens (tertiary/aromatic N) is 1. The van der Waals surface area contributed by atoms with Crippen molar-refractivity contribution in [3.05, 3.63) is 28.8 Å². The highest BCUT2D eigenvalue weighted by Crippen LogP contribution is 2.34. The second-order valence-corrected chi connectivity index (χ2v) is 4.86. The van der Waals surface area contributed by atoms with Gasteiger partial charge in [0.2, 0.25) is 0 Å². The molecule has 3 nitrogen and oxygen atoms in total. The largest absolute Gasteiger partial charge is 0.478 e. The van der Waals surface area contributed by atoms with Crippen molar-refractivity contribution >= 4 is 23.3 Å². The van der Waals surface area contributed by atoms with Gasteiger partial charge in [-0.05, 0) is 43.9 Å². The summed E-state index contributed by atoms with van der Waals surface area (Å²) in [4.78, 5) is 13.0. The second kappa shape index (κ2) is 4.96. The summed E-state index contributed by atoms with van der Waals surface area (Å²) in [7, 11) is 0. The molecule has 1 fully saturated rings. The monoisotopic (exact) mass is 253 g/mol. The predicted molar refractivity (Wildman–Crippen MR) is 69.0 cm³/mol. The molecule has 1 saturated carbocycles. The van der Waals surface area contributed by atoms with Gasteiger partial charge >= 0.3 is 5.97 Å². The maximum absolute atomic E-state index is 10.8. The predicted octanol–water partition coefficient (Wildman–Crippen LogP) is 3.27. The number of aromatic carboxylic acids is 1. The molecule has 0 amide bonds. The number of carboxylic acids is 1. The van der Waals surface area contributed by atoms with E-state index < -0.39 is 5.97 Å². The molecule has 1 aliphatic rings. The highest BCUT2D eigenvalue weighted by atomic mass is 35.5. The smallest absolute Gasteiger partial charge is 0.335 e. The molecule has 92 valence electrons. The Hall–Kier alpha value is -1.22. The molecule has 0 saturated heterocycles. The Morgan fingerprint density at radius 3 is 2.71 bits per heavy atom. The Labute approximate surface area is 106 Å². The molecule has 2 rings (SSSR count). The van der Waals surface area contributed by atoms with Crippen LogP contribution in [-0.2, 0) is 0 Å². The van der Waals surface area contributed by atoms with Gasteiger partial charge in [0.05, 0.1) is 16.3 Å². The fourth-order valence-corrected chi connectivity index (χ4v) is 2.21. The third kappa shape index (κ3) is 2.91. The molecule has 0 unspecified atom stereocenters. The zero-order valence-corrected chi connectivity index (χ0v) is 10.6. The lowest BCUT2D eigenvalue weighted by Crippen LogP contribution is -2.25. The van der Waals surface area contributed by atoms with Crippen LogP contribution in [0.4, 0.5) is 5.69 Å². The molecule has 0 heterocycles. The number of hydrogen-bond acceptors (Lipinski definition) is 2. The van der Waals surface area contributed by atoms with Crippen molar-refractivity contribution < 1.29 is 9.90 Å². The van der Waals surface area contributed by atoms with Crippen molar-refractivity contribution in [3.63, 3.8) is 0 Å². The summed E-state index contributed by atoms with van der Waals surface area (Å²) >= 11 is 6.15. The van der Waals surface area contributed by atoms with Gasteiger partial charge in [0.1, 0.15) is 0 Å². The van der Waals surface area contributed by atoms with Crippen LogP contribution in [0.15, 0.2) is 18.2 Å². The van der Waals surface area contributed by atoms with Crippen molar-refractivity contribution in [3.8, 4) is 0 Å². The van der Waals surface area contributed by atoms with Crippen LogP contribution in [0, 0.1) is 5.92 Å². The molecule has 1 N–H and O–H groups in total. The first-order valence-electron chi connectivity index (χ1n) is 5.89. The third-order valence-corrected chi connectivity index (χ3v) is 3.40. The van der Waals surface area contributed by atoms with Crippen LogP contribution >= 0.6 is 11.6 Å². The van der Waals surface area contributed by atoms with Gasteiger partial charge in [0, 0.05) is 13.1 Å². The van der Waals surface area contributed by atoms with Gasteiger partial charge in [-0.1, -0.05) is 11.6 Å². The number of carbonyl (C=O) groups is 1. The molecule has 0 bridgehead atoms. The van der Waals surface area contributed by atoms with E-state index in [2.05, 4.69) is 11.8 Å².